The van der Waals surface area contributed by atoms with Crippen LogP contribution in [0.2, 0.25) is 0 Å². The van der Waals surface area contributed by atoms with E-state index in [1.807, 2.05) is 36.5 Å². The quantitative estimate of drug-likeness (QED) is 0.858. The number of carbonyl (C=O) groups is 2. The Balaban J connectivity index is 2.00. The minimum absolute atomic E-state index is 0.0351. The second kappa shape index (κ2) is 7.29. The van der Waals surface area contributed by atoms with Gasteiger partial charge in [-0.05, 0) is 32.5 Å². The van der Waals surface area contributed by atoms with E-state index in [4.69, 9.17) is 0 Å². The fourth-order valence-corrected chi connectivity index (χ4v) is 4.41. The van der Waals surface area contributed by atoms with Crippen LogP contribution < -0.4 is 5.32 Å². The first-order chi connectivity index (χ1) is 10.0. The van der Waals surface area contributed by atoms with Crippen LogP contribution in [-0.4, -0.2) is 60.6 Å². The van der Waals surface area contributed by atoms with Crippen molar-refractivity contribution in [3.8, 4) is 0 Å². The SMILES string of the molecule is CC(C(=O)NCCN(C)C)N1C(=O)CSC1c1cccs1. The van der Waals surface area contributed by atoms with Gasteiger partial charge < -0.3 is 15.1 Å². The van der Waals surface area contributed by atoms with Crippen LogP contribution in [-0.2, 0) is 9.59 Å². The molecule has 1 aromatic rings. The Hall–Kier alpha value is -1.05. The number of nitrogens with one attached hydrogen (secondary N) is 1. The number of carbonyl (C=O) groups excluding carboxylic acids is 2. The van der Waals surface area contributed by atoms with Crippen LogP contribution in [0.1, 0.15) is 17.2 Å². The molecule has 7 heteroatoms. The summed E-state index contributed by atoms with van der Waals surface area (Å²) in [5.74, 6) is 0.389. The van der Waals surface area contributed by atoms with Gasteiger partial charge in [0.15, 0.2) is 0 Å². The molecule has 0 spiro atoms. The van der Waals surface area contributed by atoms with Crippen molar-refractivity contribution in [2.24, 2.45) is 0 Å². The Morgan fingerprint density at radius 1 is 1.57 bits per heavy atom. The van der Waals surface area contributed by atoms with Gasteiger partial charge in [0.1, 0.15) is 11.4 Å². The summed E-state index contributed by atoms with van der Waals surface area (Å²) >= 11 is 3.21. The Kier molecular flexibility index (Phi) is 5.66. The Morgan fingerprint density at radius 2 is 2.33 bits per heavy atom. The zero-order chi connectivity index (χ0) is 15.4. The molecule has 0 saturated carbocycles. The molecule has 0 aromatic carbocycles. The minimum atomic E-state index is -0.443. The first-order valence-corrected chi connectivity index (χ1v) is 8.82. The van der Waals surface area contributed by atoms with Gasteiger partial charge in [0.2, 0.25) is 11.8 Å². The number of hydrogen-bond acceptors (Lipinski definition) is 5. The lowest BCUT2D eigenvalue weighted by Crippen LogP contribution is -2.47. The zero-order valence-corrected chi connectivity index (χ0v) is 14.2. The summed E-state index contributed by atoms with van der Waals surface area (Å²) in [6.45, 7) is 3.18. The maximum absolute atomic E-state index is 12.2. The number of nitrogens with zero attached hydrogens (tertiary/aromatic N) is 2. The number of likely N-dealkylation sites (N-methyl/N-ethyl adjacent to an activating group) is 1. The Morgan fingerprint density at radius 3 is 2.95 bits per heavy atom. The van der Waals surface area contributed by atoms with Crippen molar-refractivity contribution in [3.63, 3.8) is 0 Å². The highest BCUT2D eigenvalue weighted by molar-refractivity contribution is 8.00. The molecule has 1 aliphatic rings. The molecule has 0 aliphatic carbocycles. The normalized spacial score (nSPS) is 20.1. The first-order valence-electron chi connectivity index (χ1n) is 6.89. The molecule has 1 aliphatic heterocycles. The van der Waals surface area contributed by atoms with Gasteiger partial charge >= 0.3 is 0 Å². The maximum Gasteiger partial charge on any atom is 0.242 e. The van der Waals surface area contributed by atoms with Gasteiger partial charge in [-0.2, -0.15) is 0 Å². The summed E-state index contributed by atoms with van der Waals surface area (Å²) < 4.78 is 0. The monoisotopic (exact) mass is 327 g/mol. The van der Waals surface area contributed by atoms with Gasteiger partial charge in [-0.25, -0.2) is 0 Å². The predicted molar refractivity (Wildman–Crippen MR) is 87.4 cm³/mol. The second-order valence-electron chi connectivity index (χ2n) is 5.25. The van der Waals surface area contributed by atoms with E-state index in [1.54, 1.807) is 34.9 Å². The van der Waals surface area contributed by atoms with Gasteiger partial charge in [0, 0.05) is 18.0 Å². The highest BCUT2D eigenvalue weighted by Gasteiger charge is 2.39. The molecule has 2 heterocycles. The number of thiophene rings is 1. The molecule has 1 N–H and O–H groups in total. The number of hydrogen-bond donors (Lipinski definition) is 1. The van der Waals surface area contributed by atoms with Crippen LogP contribution in [0.15, 0.2) is 17.5 Å². The van der Waals surface area contributed by atoms with E-state index >= 15 is 0 Å². The minimum Gasteiger partial charge on any atom is -0.353 e. The first kappa shape index (κ1) is 16.3. The van der Waals surface area contributed by atoms with Crippen LogP contribution in [0.5, 0.6) is 0 Å². The summed E-state index contributed by atoms with van der Waals surface area (Å²) in [4.78, 5) is 29.2. The molecular weight excluding hydrogens is 306 g/mol. The summed E-state index contributed by atoms with van der Waals surface area (Å²) in [5.41, 5.74) is 0. The van der Waals surface area contributed by atoms with Crippen molar-refractivity contribution in [1.29, 1.82) is 0 Å². The predicted octanol–water partition coefficient (Wildman–Crippen LogP) is 1.39. The van der Waals surface area contributed by atoms with Gasteiger partial charge in [0.25, 0.3) is 0 Å². The zero-order valence-electron chi connectivity index (χ0n) is 12.5. The largest absolute Gasteiger partial charge is 0.353 e. The molecule has 2 atom stereocenters. The fourth-order valence-electron chi connectivity index (χ4n) is 2.18. The lowest BCUT2D eigenvalue weighted by molar-refractivity contribution is -0.137. The highest BCUT2D eigenvalue weighted by Crippen LogP contribution is 2.41. The summed E-state index contributed by atoms with van der Waals surface area (Å²) in [7, 11) is 3.92. The van der Waals surface area contributed by atoms with Crippen molar-refractivity contribution < 1.29 is 9.59 Å². The highest BCUT2D eigenvalue weighted by atomic mass is 32.2. The maximum atomic E-state index is 12.2. The average Bonchev–Trinajstić information content (AvgIpc) is 3.06. The van der Waals surface area contributed by atoms with Crippen molar-refractivity contribution in [2.75, 3.05) is 32.9 Å². The van der Waals surface area contributed by atoms with E-state index in [1.165, 1.54) is 0 Å². The molecule has 2 rings (SSSR count). The Labute approximate surface area is 133 Å². The molecule has 5 nitrogen and oxygen atoms in total. The molecule has 0 bridgehead atoms. The second-order valence-corrected chi connectivity index (χ2v) is 7.30. The third-order valence-corrected chi connectivity index (χ3v) is 5.63. The summed E-state index contributed by atoms with van der Waals surface area (Å²) in [6.07, 6.45) is 0. The van der Waals surface area contributed by atoms with Crippen LogP contribution in [0.3, 0.4) is 0 Å². The van der Waals surface area contributed by atoms with Crippen LogP contribution in [0, 0.1) is 0 Å². The smallest absolute Gasteiger partial charge is 0.242 e. The van der Waals surface area contributed by atoms with E-state index in [0.29, 0.717) is 12.3 Å². The van der Waals surface area contributed by atoms with Crippen LogP contribution in [0.4, 0.5) is 0 Å². The fraction of sp³-hybridized carbons (Fsp3) is 0.571. The van der Waals surface area contributed by atoms with Crippen molar-refractivity contribution in [3.05, 3.63) is 22.4 Å². The average molecular weight is 327 g/mol. The molecule has 2 amide bonds. The van der Waals surface area contributed by atoms with Crippen molar-refractivity contribution in [1.82, 2.24) is 15.1 Å². The molecule has 1 fully saturated rings. The molecule has 2 unspecified atom stereocenters. The van der Waals surface area contributed by atoms with E-state index in [9.17, 15) is 9.59 Å². The van der Waals surface area contributed by atoms with E-state index in [-0.39, 0.29) is 17.2 Å². The summed E-state index contributed by atoms with van der Waals surface area (Å²) in [5, 5.41) is 4.86. The molecular formula is C14H21N3O2S2. The number of amides is 2. The van der Waals surface area contributed by atoms with E-state index in [0.717, 1.165) is 11.4 Å². The van der Waals surface area contributed by atoms with Crippen molar-refractivity contribution in [2.45, 2.75) is 18.3 Å². The van der Waals surface area contributed by atoms with Crippen molar-refractivity contribution >= 4 is 34.9 Å². The lowest BCUT2D eigenvalue weighted by Gasteiger charge is -2.28. The number of thioether (sulfide) groups is 1. The van der Waals surface area contributed by atoms with Gasteiger partial charge in [-0.15, -0.1) is 23.1 Å². The van der Waals surface area contributed by atoms with E-state index < -0.39 is 6.04 Å². The van der Waals surface area contributed by atoms with Crippen LogP contribution in [0.25, 0.3) is 0 Å². The number of rotatable bonds is 6. The van der Waals surface area contributed by atoms with Gasteiger partial charge in [0.05, 0.1) is 5.75 Å². The molecule has 21 heavy (non-hydrogen) atoms. The molecule has 1 aromatic heterocycles. The third kappa shape index (κ3) is 3.99. The molecule has 1 saturated heterocycles. The Bertz CT molecular complexity index is 490. The third-order valence-electron chi connectivity index (χ3n) is 3.35. The lowest BCUT2D eigenvalue weighted by atomic mass is 10.2. The molecule has 116 valence electrons. The van der Waals surface area contributed by atoms with E-state index in [2.05, 4.69) is 5.32 Å². The topological polar surface area (TPSA) is 52.7 Å². The van der Waals surface area contributed by atoms with Gasteiger partial charge in [-0.1, -0.05) is 6.07 Å². The van der Waals surface area contributed by atoms with Crippen LogP contribution >= 0.6 is 23.1 Å². The summed E-state index contributed by atoms with van der Waals surface area (Å²) in [6, 6.07) is 3.55. The molecule has 0 radical (unpaired) electrons. The van der Waals surface area contributed by atoms with Gasteiger partial charge in [-0.3, -0.25) is 9.59 Å². The standard InChI is InChI=1S/C14H21N3O2S2/c1-10(13(19)15-6-7-16(2)3)17-12(18)9-21-14(17)11-5-4-8-20-11/h4-5,8,10,14H,6-7,9H2,1-3H3,(H,15,19).